The maximum atomic E-state index is 8.65. The van der Waals surface area contributed by atoms with Crippen LogP contribution in [0.1, 0.15) is 11.1 Å². The first-order valence-corrected chi connectivity index (χ1v) is 4.82. The summed E-state index contributed by atoms with van der Waals surface area (Å²) in [4.78, 5) is 6.12. The van der Waals surface area contributed by atoms with Crippen molar-refractivity contribution in [2.75, 3.05) is 0 Å². The van der Waals surface area contributed by atoms with Gasteiger partial charge in [-0.2, -0.15) is 20.2 Å². The molecule has 1 aromatic carbocycles. The molecule has 0 fully saturated rings. The summed E-state index contributed by atoms with van der Waals surface area (Å²) in [5.41, 5.74) is 1.36. The molecule has 1 rings (SSSR count). The Morgan fingerprint density at radius 2 is 1.61 bits per heavy atom. The van der Waals surface area contributed by atoms with Gasteiger partial charge in [0.25, 0.3) is 0 Å². The molecule has 0 aliphatic heterocycles. The first-order valence-electron chi connectivity index (χ1n) is 4.82. The number of rotatable bonds is 2. The van der Waals surface area contributed by atoms with Crippen molar-refractivity contribution < 1.29 is 0 Å². The lowest BCUT2D eigenvalue weighted by Crippen LogP contribution is -1.79. The molecule has 4 heteroatoms. The van der Waals surface area contributed by atoms with Crippen molar-refractivity contribution in [3.05, 3.63) is 69.6 Å². The van der Waals surface area contributed by atoms with Crippen LogP contribution in [0.5, 0.6) is 0 Å². The summed E-state index contributed by atoms with van der Waals surface area (Å²) in [6.07, 6.45) is 2.91. The van der Waals surface area contributed by atoms with Gasteiger partial charge in [0, 0.05) is 6.08 Å². The lowest BCUT2D eigenvalue weighted by atomic mass is 10.1. The normalized spacial score (nSPS) is 7.78. The third-order valence-corrected chi connectivity index (χ3v) is 1.99. The zero-order valence-electron chi connectivity index (χ0n) is 9.25. The molecule has 0 saturated heterocycles. The Morgan fingerprint density at radius 1 is 1.06 bits per heavy atom. The van der Waals surface area contributed by atoms with Crippen molar-refractivity contribution in [1.29, 1.82) is 10.5 Å². The van der Waals surface area contributed by atoms with Crippen LogP contribution in [-0.4, -0.2) is 0 Å². The van der Waals surface area contributed by atoms with Crippen molar-refractivity contribution >= 4 is 12.2 Å². The molecular formula is C14H6N4. The Morgan fingerprint density at radius 3 is 2.11 bits per heavy atom. The van der Waals surface area contributed by atoms with Gasteiger partial charge in [0.05, 0.1) is 0 Å². The van der Waals surface area contributed by atoms with Crippen LogP contribution >= 0.6 is 0 Å². The summed E-state index contributed by atoms with van der Waals surface area (Å²) < 4.78 is 0. The van der Waals surface area contributed by atoms with E-state index in [-0.39, 0.29) is 11.4 Å². The summed E-state index contributed by atoms with van der Waals surface area (Å²) in [7, 11) is 0. The lowest BCUT2D eigenvalue weighted by Gasteiger charge is -1.95. The van der Waals surface area contributed by atoms with Gasteiger partial charge in [0.15, 0.2) is 0 Å². The molecule has 0 heterocycles. The van der Waals surface area contributed by atoms with Crippen LogP contribution < -0.4 is 0 Å². The molecule has 4 nitrogen and oxygen atoms in total. The number of hydrogen-bond donors (Lipinski definition) is 0. The lowest BCUT2D eigenvalue weighted by molar-refractivity contribution is 1.47. The maximum absolute atomic E-state index is 8.65. The minimum absolute atomic E-state index is 0.00621. The van der Waals surface area contributed by atoms with Crippen LogP contribution in [0.2, 0.25) is 0 Å². The van der Waals surface area contributed by atoms with Gasteiger partial charge in [-0.15, -0.1) is 0 Å². The Bertz CT molecular complexity index is 593. The summed E-state index contributed by atoms with van der Waals surface area (Å²) in [6.45, 7) is 13.6. The van der Waals surface area contributed by atoms with Gasteiger partial charge in [0.1, 0.15) is 30.9 Å². The predicted octanol–water partition coefficient (Wildman–Crippen LogP) is 3.25. The van der Waals surface area contributed by atoms with Crippen molar-refractivity contribution in [2.24, 2.45) is 0 Å². The molecule has 0 aromatic heterocycles. The van der Waals surface area contributed by atoms with E-state index in [0.717, 1.165) is 0 Å². The first kappa shape index (κ1) is 12.7. The summed E-state index contributed by atoms with van der Waals surface area (Å²) in [6, 6.07) is 10.5. The number of benzene rings is 1. The third-order valence-electron chi connectivity index (χ3n) is 1.99. The molecule has 82 valence electrons. The second kappa shape index (κ2) is 6.29. The smallest absolute Gasteiger partial charge is 0.192 e. The van der Waals surface area contributed by atoms with Crippen molar-refractivity contribution in [3.8, 4) is 12.1 Å². The molecule has 0 bridgehead atoms. The van der Waals surface area contributed by atoms with E-state index in [0.29, 0.717) is 11.1 Å². The number of nitrogens with zero attached hydrogens (tertiary/aromatic N) is 4. The Kier molecular flexibility index (Phi) is 4.45. The van der Waals surface area contributed by atoms with Gasteiger partial charge in [-0.05, 0) is 23.3 Å². The summed E-state index contributed by atoms with van der Waals surface area (Å²) in [5.74, 6) is -0.0306. The number of allylic oxidation sites excluding steroid dienone is 1. The van der Waals surface area contributed by atoms with Crippen molar-refractivity contribution in [3.63, 3.8) is 0 Å². The molecular weight excluding hydrogens is 224 g/mol. The van der Waals surface area contributed by atoms with Gasteiger partial charge in [-0.1, -0.05) is 18.2 Å². The number of nitriles is 2. The van der Waals surface area contributed by atoms with Crippen molar-refractivity contribution in [2.45, 2.75) is 0 Å². The molecule has 0 aliphatic rings. The Labute approximate surface area is 105 Å². The van der Waals surface area contributed by atoms with E-state index >= 15 is 0 Å². The highest BCUT2D eigenvalue weighted by atomic mass is 14.9. The van der Waals surface area contributed by atoms with Gasteiger partial charge < -0.3 is 0 Å². The summed E-state index contributed by atoms with van der Waals surface area (Å²) in [5, 5.41) is 17.3. The zero-order valence-corrected chi connectivity index (χ0v) is 9.25. The average molecular weight is 230 g/mol. The highest BCUT2D eigenvalue weighted by Gasteiger charge is 2.02. The molecule has 0 radical (unpaired) electrons. The first-order chi connectivity index (χ1) is 8.73. The third kappa shape index (κ3) is 3.35. The summed E-state index contributed by atoms with van der Waals surface area (Å²) >= 11 is 0. The SMILES string of the molecule is [C-]#[N+]C(=Cc1cccc(C=C(C#N)C#N)c1)[N+]#[C-]. The van der Waals surface area contributed by atoms with Crippen molar-refractivity contribution in [1.82, 2.24) is 0 Å². The van der Waals surface area contributed by atoms with Gasteiger partial charge in [-0.25, -0.2) is 0 Å². The van der Waals surface area contributed by atoms with E-state index in [9.17, 15) is 0 Å². The van der Waals surface area contributed by atoms with Gasteiger partial charge in [0.2, 0.25) is 0 Å². The van der Waals surface area contributed by atoms with E-state index in [1.165, 1.54) is 12.2 Å². The maximum Gasteiger partial charge on any atom is 0.519 e. The number of hydrogen-bond acceptors (Lipinski definition) is 2. The monoisotopic (exact) mass is 230 g/mol. The standard InChI is InChI=1S/C14H6N4/c1-17-14(18-2)8-12-5-3-4-11(6-12)7-13(9-15)10-16/h3-8H. The predicted molar refractivity (Wildman–Crippen MR) is 66.8 cm³/mol. The molecule has 0 saturated carbocycles. The molecule has 0 aliphatic carbocycles. The van der Waals surface area contributed by atoms with E-state index in [1.807, 2.05) is 0 Å². The Balaban J connectivity index is 3.19. The van der Waals surface area contributed by atoms with E-state index < -0.39 is 0 Å². The van der Waals surface area contributed by atoms with Crippen LogP contribution in [-0.2, 0) is 0 Å². The largest absolute Gasteiger partial charge is 0.519 e. The molecule has 0 atom stereocenters. The van der Waals surface area contributed by atoms with Crippen LogP contribution in [0.4, 0.5) is 0 Å². The van der Waals surface area contributed by atoms with Crippen LogP contribution in [0.3, 0.4) is 0 Å². The Hall–Kier alpha value is -3.34. The zero-order chi connectivity index (χ0) is 13.4. The molecule has 0 unspecified atom stereocenters. The van der Waals surface area contributed by atoms with Gasteiger partial charge in [-0.3, -0.25) is 0 Å². The van der Waals surface area contributed by atoms with E-state index in [1.54, 1.807) is 36.4 Å². The second-order valence-electron chi connectivity index (χ2n) is 3.18. The average Bonchev–Trinajstić information content (AvgIpc) is 2.42. The molecule has 18 heavy (non-hydrogen) atoms. The molecule has 0 N–H and O–H groups in total. The highest BCUT2D eigenvalue weighted by molar-refractivity contribution is 5.66. The van der Waals surface area contributed by atoms with Crippen LogP contribution in [0, 0.1) is 35.8 Å². The fraction of sp³-hybridized carbons (Fsp3) is 0. The fourth-order valence-corrected chi connectivity index (χ4v) is 1.23. The van der Waals surface area contributed by atoms with Crippen LogP contribution in [0.15, 0.2) is 35.7 Å². The minimum atomic E-state index is -0.0306. The molecule has 1 aromatic rings. The molecule has 0 spiro atoms. The second-order valence-corrected chi connectivity index (χ2v) is 3.18. The quantitative estimate of drug-likeness (QED) is 0.578. The highest BCUT2D eigenvalue weighted by Crippen LogP contribution is 2.13. The van der Waals surface area contributed by atoms with Gasteiger partial charge >= 0.3 is 5.82 Å². The van der Waals surface area contributed by atoms with E-state index in [4.69, 9.17) is 23.7 Å². The van der Waals surface area contributed by atoms with E-state index in [2.05, 4.69) is 9.69 Å². The minimum Gasteiger partial charge on any atom is -0.192 e. The van der Waals surface area contributed by atoms with Crippen LogP contribution in [0.25, 0.3) is 21.8 Å². The molecule has 0 amide bonds. The topological polar surface area (TPSA) is 56.3 Å². The fourth-order valence-electron chi connectivity index (χ4n) is 1.23.